The molecule has 2 amide bonds. The van der Waals surface area contributed by atoms with Crippen LogP contribution in [0.1, 0.15) is 33.1 Å². The molecule has 7 heteroatoms. The Morgan fingerprint density at radius 3 is 2.35 bits per heavy atom. The molecule has 0 heterocycles. The molecular weight excluding hydrogens is 264 g/mol. The fourth-order valence-electron chi connectivity index (χ4n) is 1.58. The lowest BCUT2D eigenvalue weighted by Gasteiger charge is -2.20. The van der Waals surface area contributed by atoms with Gasteiger partial charge in [-0.1, -0.05) is 13.3 Å². The molecule has 0 bridgehead atoms. The normalized spacial score (nSPS) is 13.2. The van der Waals surface area contributed by atoms with Gasteiger partial charge in [-0.2, -0.15) is 0 Å². The predicted molar refractivity (Wildman–Crippen MR) is 73.3 cm³/mol. The monoisotopic (exact) mass is 288 g/mol. The zero-order chi connectivity index (χ0) is 15.7. The number of rotatable bonds is 8. The van der Waals surface area contributed by atoms with Gasteiger partial charge < -0.3 is 20.1 Å². The zero-order valence-corrected chi connectivity index (χ0v) is 12.5. The van der Waals surface area contributed by atoms with Crippen LogP contribution in [-0.2, 0) is 14.3 Å². The fourth-order valence-corrected chi connectivity index (χ4v) is 1.58. The average molecular weight is 288 g/mol. The number of carbonyl (C=O) groups is 3. The summed E-state index contributed by atoms with van der Waals surface area (Å²) in [5.74, 6) is -1.66. The van der Waals surface area contributed by atoms with Crippen LogP contribution < -0.4 is 5.32 Å². The molecule has 0 radical (unpaired) electrons. The molecule has 0 aromatic rings. The summed E-state index contributed by atoms with van der Waals surface area (Å²) in [6.45, 7) is 3.40. The second-order valence-corrected chi connectivity index (χ2v) is 4.95. The molecule has 116 valence electrons. The van der Waals surface area contributed by atoms with Gasteiger partial charge in [-0.3, -0.25) is 9.59 Å². The molecule has 0 rings (SSSR count). The maximum atomic E-state index is 11.7. The number of amides is 2. The third kappa shape index (κ3) is 7.60. The number of methoxy groups -OCH3 is 1. The summed E-state index contributed by atoms with van der Waals surface area (Å²) in [7, 11) is 2.77. The Morgan fingerprint density at radius 2 is 1.85 bits per heavy atom. The summed E-state index contributed by atoms with van der Waals surface area (Å²) in [5, 5.41) is 11.5. The number of hydrogen-bond acceptors (Lipinski definition) is 4. The molecule has 0 aliphatic heterocycles. The van der Waals surface area contributed by atoms with Crippen molar-refractivity contribution in [3.8, 4) is 0 Å². The molecule has 0 spiro atoms. The van der Waals surface area contributed by atoms with Gasteiger partial charge in [0.05, 0.1) is 13.0 Å². The summed E-state index contributed by atoms with van der Waals surface area (Å²) >= 11 is 0. The lowest BCUT2D eigenvalue weighted by molar-refractivity contribution is -0.142. The Bertz CT molecular complexity index is 346. The largest absolute Gasteiger partial charge is 0.481 e. The van der Waals surface area contributed by atoms with E-state index < -0.39 is 11.9 Å². The van der Waals surface area contributed by atoms with E-state index in [0.29, 0.717) is 12.8 Å². The number of carboxylic acids is 1. The maximum Gasteiger partial charge on any atom is 0.325 e. The van der Waals surface area contributed by atoms with Crippen LogP contribution in [-0.4, -0.2) is 54.7 Å². The van der Waals surface area contributed by atoms with Gasteiger partial charge in [0.2, 0.25) is 0 Å². The molecule has 0 saturated heterocycles. The van der Waals surface area contributed by atoms with Gasteiger partial charge in [0.1, 0.15) is 6.54 Å². The quantitative estimate of drug-likeness (QED) is 0.652. The smallest absolute Gasteiger partial charge is 0.325 e. The molecule has 0 aliphatic carbocycles. The minimum atomic E-state index is -0.806. The van der Waals surface area contributed by atoms with E-state index >= 15 is 0 Å². The van der Waals surface area contributed by atoms with Crippen molar-refractivity contribution in [3.63, 3.8) is 0 Å². The van der Waals surface area contributed by atoms with Crippen molar-refractivity contribution in [1.82, 2.24) is 10.2 Å². The molecule has 0 aromatic carbocycles. The minimum Gasteiger partial charge on any atom is -0.481 e. The summed E-state index contributed by atoms with van der Waals surface area (Å²) in [4.78, 5) is 34.6. The van der Waals surface area contributed by atoms with Gasteiger partial charge in [0.15, 0.2) is 0 Å². The van der Waals surface area contributed by atoms with Crippen molar-refractivity contribution in [2.24, 2.45) is 5.92 Å². The Balaban J connectivity index is 3.95. The average Bonchev–Trinajstić information content (AvgIpc) is 2.37. The van der Waals surface area contributed by atoms with Crippen LogP contribution in [0.4, 0.5) is 4.79 Å². The summed E-state index contributed by atoms with van der Waals surface area (Å²) < 4.78 is 4.47. The first-order valence-corrected chi connectivity index (χ1v) is 6.59. The molecule has 2 unspecified atom stereocenters. The Labute approximate surface area is 119 Å². The summed E-state index contributed by atoms with van der Waals surface area (Å²) in [6, 6.07) is -0.433. The second-order valence-electron chi connectivity index (χ2n) is 4.95. The molecule has 0 aliphatic rings. The molecule has 0 fully saturated rings. The van der Waals surface area contributed by atoms with Gasteiger partial charge in [-0.25, -0.2) is 4.79 Å². The first-order chi connectivity index (χ1) is 9.27. The fraction of sp³-hybridized carbons (Fsp3) is 0.769. The lowest BCUT2D eigenvalue weighted by atomic mass is 10.0. The standard InChI is InChI=1S/C13H24N2O5/c1-9(12(17)18)6-5-7-10(2)14-13(19)15(3)8-11(16)20-4/h9-10H,5-8H2,1-4H3,(H,14,19)(H,17,18). The predicted octanol–water partition coefficient (Wildman–Crippen LogP) is 1.08. The Morgan fingerprint density at radius 1 is 1.25 bits per heavy atom. The van der Waals surface area contributed by atoms with E-state index in [0.717, 1.165) is 6.42 Å². The van der Waals surface area contributed by atoms with Crippen LogP contribution in [0.25, 0.3) is 0 Å². The number of ether oxygens (including phenoxy) is 1. The van der Waals surface area contributed by atoms with Gasteiger partial charge in [-0.05, 0) is 19.8 Å². The van der Waals surface area contributed by atoms with Gasteiger partial charge in [0, 0.05) is 13.1 Å². The third-order valence-corrected chi connectivity index (χ3v) is 3.01. The van der Waals surface area contributed by atoms with Crippen LogP contribution in [0, 0.1) is 5.92 Å². The number of esters is 1. The molecule has 2 atom stereocenters. The molecule has 0 aromatic heterocycles. The van der Waals surface area contributed by atoms with Crippen molar-refractivity contribution >= 4 is 18.0 Å². The summed E-state index contributed by atoms with van der Waals surface area (Å²) in [6.07, 6.45) is 1.98. The Hall–Kier alpha value is -1.79. The maximum absolute atomic E-state index is 11.7. The van der Waals surface area contributed by atoms with E-state index in [1.807, 2.05) is 6.92 Å². The number of nitrogens with one attached hydrogen (secondary N) is 1. The van der Waals surface area contributed by atoms with E-state index in [1.165, 1.54) is 19.1 Å². The van der Waals surface area contributed by atoms with Crippen molar-refractivity contribution in [2.45, 2.75) is 39.2 Å². The highest BCUT2D eigenvalue weighted by atomic mass is 16.5. The van der Waals surface area contributed by atoms with E-state index in [2.05, 4.69) is 10.1 Å². The molecule has 2 N–H and O–H groups in total. The zero-order valence-electron chi connectivity index (χ0n) is 12.5. The Kier molecular flexibility index (Phi) is 8.35. The van der Waals surface area contributed by atoms with Crippen LogP contribution in [0.3, 0.4) is 0 Å². The first-order valence-electron chi connectivity index (χ1n) is 6.59. The van der Waals surface area contributed by atoms with Crippen molar-refractivity contribution in [1.29, 1.82) is 0 Å². The van der Waals surface area contributed by atoms with Crippen molar-refractivity contribution in [3.05, 3.63) is 0 Å². The van der Waals surface area contributed by atoms with Gasteiger partial charge in [0.25, 0.3) is 0 Å². The second kappa shape index (κ2) is 9.17. The molecule has 0 saturated carbocycles. The highest BCUT2D eigenvalue weighted by molar-refractivity contribution is 5.80. The number of nitrogens with zero attached hydrogens (tertiary/aromatic N) is 1. The van der Waals surface area contributed by atoms with Gasteiger partial charge in [-0.15, -0.1) is 0 Å². The number of aliphatic carboxylic acids is 1. The highest BCUT2D eigenvalue weighted by Crippen LogP contribution is 2.09. The molecular formula is C13H24N2O5. The van der Waals surface area contributed by atoms with E-state index in [1.54, 1.807) is 6.92 Å². The van der Waals surface area contributed by atoms with Crippen LogP contribution in [0.5, 0.6) is 0 Å². The highest BCUT2D eigenvalue weighted by Gasteiger charge is 2.16. The lowest BCUT2D eigenvalue weighted by Crippen LogP contribution is -2.44. The topological polar surface area (TPSA) is 95.9 Å². The van der Waals surface area contributed by atoms with Crippen molar-refractivity contribution in [2.75, 3.05) is 20.7 Å². The number of hydrogen-bond donors (Lipinski definition) is 2. The van der Waals surface area contributed by atoms with Crippen LogP contribution >= 0.6 is 0 Å². The number of carbonyl (C=O) groups excluding carboxylic acids is 2. The van der Waals surface area contributed by atoms with E-state index in [9.17, 15) is 14.4 Å². The first kappa shape index (κ1) is 18.2. The van der Waals surface area contributed by atoms with E-state index in [-0.39, 0.29) is 24.5 Å². The minimum absolute atomic E-state index is 0.0800. The van der Waals surface area contributed by atoms with E-state index in [4.69, 9.17) is 5.11 Å². The third-order valence-electron chi connectivity index (χ3n) is 3.01. The molecule has 20 heavy (non-hydrogen) atoms. The number of carboxylic acid groups (broad SMARTS) is 1. The number of likely N-dealkylation sites (N-methyl/N-ethyl adjacent to an activating group) is 1. The molecule has 7 nitrogen and oxygen atoms in total. The van der Waals surface area contributed by atoms with Crippen LogP contribution in [0.2, 0.25) is 0 Å². The van der Waals surface area contributed by atoms with Crippen molar-refractivity contribution < 1.29 is 24.2 Å². The SMILES string of the molecule is COC(=O)CN(C)C(=O)NC(C)CCCC(C)C(=O)O. The summed E-state index contributed by atoms with van der Waals surface area (Å²) in [5.41, 5.74) is 0. The number of urea groups is 1. The van der Waals surface area contributed by atoms with Gasteiger partial charge >= 0.3 is 18.0 Å². The van der Waals surface area contributed by atoms with Crippen LogP contribution in [0.15, 0.2) is 0 Å².